The standard InChI is InChI=1S/C23H30FN3O3.HI/c1-3-25-22(27-16-23(9-10-23)18-5-4-6-19(24)14-18)26-15-17-7-8-20(30-12-11-28)21(13-17)29-2;/h4-8,13-14,28H,3,9-12,15-16H2,1-2H3,(H2,25,26,27);1H. The van der Waals surface area contributed by atoms with E-state index in [1.165, 1.54) is 6.07 Å². The molecule has 0 spiro atoms. The SMILES string of the molecule is CCNC(=NCc1ccc(OCCO)c(OC)c1)NCC1(c2cccc(F)c2)CC1.I. The van der Waals surface area contributed by atoms with Gasteiger partial charge in [0.25, 0.3) is 0 Å². The van der Waals surface area contributed by atoms with E-state index in [9.17, 15) is 4.39 Å². The van der Waals surface area contributed by atoms with Gasteiger partial charge in [-0.05, 0) is 55.2 Å². The van der Waals surface area contributed by atoms with E-state index >= 15 is 0 Å². The number of aliphatic imine (C=N–C) groups is 1. The van der Waals surface area contributed by atoms with Crippen LogP contribution in [0.4, 0.5) is 4.39 Å². The van der Waals surface area contributed by atoms with Crippen molar-refractivity contribution >= 4 is 29.9 Å². The molecule has 2 aromatic carbocycles. The van der Waals surface area contributed by atoms with Gasteiger partial charge in [0.2, 0.25) is 0 Å². The Labute approximate surface area is 200 Å². The van der Waals surface area contributed by atoms with Gasteiger partial charge in [0.1, 0.15) is 12.4 Å². The highest BCUT2D eigenvalue weighted by atomic mass is 127. The topological polar surface area (TPSA) is 75.1 Å². The molecule has 170 valence electrons. The summed E-state index contributed by atoms with van der Waals surface area (Å²) in [6.45, 7) is 4.11. The number of rotatable bonds is 10. The van der Waals surface area contributed by atoms with Gasteiger partial charge in [0.15, 0.2) is 17.5 Å². The molecule has 0 aromatic heterocycles. The van der Waals surface area contributed by atoms with E-state index in [4.69, 9.17) is 14.6 Å². The minimum atomic E-state index is -0.195. The number of hydrogen-bond donors (Lipinski definition) is 3. The molecule has 0 saturated heterocycles. The van der Waals surface area contributed by atoms with Gasteiger partial charge in [-0.3, -0.25) is 0 Å². The quantitative estimate of drug-likeness (QED) is 0.243. The lowest BCUT2D eigenvalue weighted by Gasteiger charge is -2.19. The van der Waals surface area contributed by atoms with Crippen LogP contribution in [-0.4, -0.2) is 44.5 Å². The van der Waals surface area contributed by atoms with E-state index in [0.29, 0.717) is 24.6 Å². The molecule has 0 radical (unpaired) electrons. The zero-order valence-corrected chi connectivity index (χ0v) is 20.3. The molecular weight excluding hydrogens is 512 g/mol. The Morgan fingerprint density at radius 3 is 2.61 bits per heavy atom. The average Bonchev–Trinajstić information content (AvgIpc) is 3.55. The van der Waals surface area contributed by atoms with E-state index in [0.717, 1.165) is 36.5 Å². The minimum absolute atomic E-state index is 0. The normalized spacial score (nSPS) is 14.4. The van der Waals surface area contributed by atoms with Gasteiger partial charge in [-0.2, -0.15) is 0 Å². The molecule has 8 heteroatoms. The van der Waals surface area contributed by atoms with Crippen molar-refractivity contribution < 1.29 is 19.0 Å². The van der Waals surface area contributed by atoms with Crippen molar-refractivity contribution in [1.82, 2.24) is 10.6 Å². The maximum atomic E-state index is 13.6. The average molecular weight is 543 g/mol. The summed E-state index contributed by atoms with van der Waals surface area (Å²) < 4.78 is 24.5. The predicted octanol–water partition coefficient (Wildman–Crippen LogP) is 3.61. The zero-order valence-electron chi connectivity index (χ0n) is 18.0. The van der Waals surface area contributed by atoms with Crippen molar-refractivity contribution in [3.05, 3.63) is 59.4 Å². The number of hydrogen-bond acceptors (Lipinski definition) is 4. The van der Waals surface area contributed by atoms with E-state index in [-0.39, 0.29) is 48.4 Å². The van der Waals surface area contributed by atoms with Gasteiger partial charge in [0, 0.05) is 18.5 Å². The summed E-state index contributed by atoms with van der Waals surface area (Å²) in [7, 11) is 1.58. The molecule has 0 unspecified atom stereocenters. The molecule has 3 rings (SSSR count). The first-order valence-corrected chi connectivity index (χ1v) is 10.3. The first kappa shape index (κ1) is 25.2. The van der Waals surface area contributed by atoms with Crippen LogP contribution in [0.15, 0.2) is 47.5 Å². The van der Waals surface area contributed by atoms with Crippen molar-refractivity contribution in [2.24, 2.45) is 4.99 Å². The van der Waals surface area contributed by atoms with Gasteiger partial charge in [-0.15, -0.1) is 24.0 Å². The molecule has 0 atom stereocenters. The second-order valence-electron chi connectivity index (χ2n) is 7.40. The monoisotopic (exact) mass is 543 g/mol. The van der Waals surface area contributed by atoms with Crippen LogP contribution in [0.5, 0.6) is 11.5 Å². The summed E-state index contributed by atoms with van der Waals surface area (Å²) in [5.41, 5.74) is 1.99. The molecular formula is C23H31FIN3O3. The summed E-state index contributed by atoms with van der Waals surface area (Å²) in [6.07, 6.45) is 2.07. The van der Waals surface area contributed by atoms with Crippen LogP contribution < -0.4 is 20.1 Å². The maximum Gasteiger partial charge on any atom is 0.191 e. The second-order valence-corrected chi connectivity index (χ2v) is 7.40. The number of aliphatic hydroxyl groups is 1. The Balaban J connectivity index is 0.00000341. The lowest BCUT2D eigenvalue weighted by molar-refractivity contribution is 0.196. The van der Waals surface area contributed by atoms with Crippen molar-refractivity contribution in [2.75, 3.05) is 33.4 Å². The number of guanidine groups is 1. The fraction of sp³-hybridized carbons (Fsp3) is 0.435. The number of nitrogens with one attached hydrogen (secondary N) is 2. The van der Waals surface area contributed by atoms with Crippen molar-refractivity contribution in [3.8, 4) is 11.5 Å². The fourth-order valence-corrected chi connectivity index (χ4v) is 3.39. The fourth-order valence-electron chi connectivity index (χ4n) is 3.39. The Kier molecular flexibility index (Phi) is 9.83. The summed E-state index contributed by atoms with van der Waals surface area (Å²) in [5.74, 6) is 1.73. The Bertz CT molecular complexity index is 875. The molecule has 1 saturated carbocycles. The largest absolute Gasteiger partial charge is 0.493 e. The van der Waals surface area contributed by atoms with Crippen LogP contribution in [-0.2, 0) is 12.0 Å². The van der Waals surface area contributed by atoms with Crippen LogP contribution in [0.3, 0.4) is 0 Å². The molecule has 0 aliphatic heterocycles. The molecule has 3 N–H and O–H groups in total. The number of halogens is 2. The van der Waals surface area contributed by atoms with Crippen LogP contribution in [0.2, 0.25) is 0 Å². The molecule has 2 aromatic rings. The van der Waals surface area contributed by atoms with Crippen molar-refractivity contribution in [2.45, 2.75) is 31.7 Å². The number of methoxy groups -OCH3 is 1. The molecule has 31 heavy (non-hydrogen) atoms. The summed E-state index contributed by atoms with van der Waals surface area (Å²) in [6, 6.07) is 12.5. The highest BCUT2D eigenvalue weighted by Gasteiger charge is 2.44. The number of aliphatic hydroxyl groups excluding tert-OH is 1. The number of benzene rings is 2. The smallest absolute Gasteiger partial charge is 0.191 e. The molecule has 1 aliphatic carbocycles. The van der Waals surface area contributed by atoms with Crippen LogP contribution in [0, 0.1) is 5.82 Å². The zero-order chi connectivity index (χ0) is 21.4. The molecule has 0 heterocycles. The molecule has 0 bridgehead atoms. The maximum absolute atomic E-state index is 13.6. The lowest BCUT2D eigenvalue weighted by atomic mass is 9.96. The van der Waals surface area contributed by atoms with Crippen molar-refractivity contribution in [3.63, 3.8) is 0 Å². The summed E-state index contributed by atoms with van der Waals surface area (Å²) in [4.78, 5) is 4.68. The summed E-state index contributed by atoms with van der Waals surface area (Å²) >= 11 is 0. The number of ether oxygens (including phenoxy) is 2. The molecule has 1 aliphatic rings. The van der Waals surface area contributed by atoms with E-state index < -0.39 is 0 Å². The summed E-state index contributed by atoms with van der Waals surface area (Å²) in [5, 5.41) is 15.6. The lowest BCUT2D eigenvalue weighted by Crippen LogP contribution is -2.41. The van der Waals surface area contributed by atoms with Crippen LogP contribution in [0.1, 0.15) is 30.9 Å². The Morgan fingerprint density at radius 1 is 1.16 bits per heavy atom. The third-order valence-corrected chi connectivity index (χ3v) is 5.23. The third-order valence-electron chi connectivity index (χ3n) is 5.23. The Hall–Kier alpha value is -2.07. The number of nitrogens with zero attached hydrogens (tertiary/aromatic N) is 1. The highest BCUT2D eigenvalue weighted by Crippen LogP contribution is 2.47. The molecule has 1 fully saturated rings. The second kappa shape index (κ2) is 12.1. The van der Waals surface area contributed by atoms with Crippen LogP contribution >= 0.6 is 24.0 Å². The highest BCUT2D eigenvalue weighted by molar-refractivity contribution is 14.0. The first-order valence-electron chi connectivity index (χ1n) is 10.3. The van der Waals surface area contributed by atoms with E-state index in [1.54, 1.807) is 19.2 Å². The first-order chi connectivity index (χ1) is 14.6. The Morgan fingerprint density at radius 2 is 1.97 bits per heavy atom. The third kappa shape index (κ3) is 6.96. The van der Waals surface area contributed by atoms with Crippen LogP contribution in [0.25, 0.3) is 0 Å². The minimum Gasteiger partial charge on any atom is -0.493 e. The van der Waals surface area contributed by atoms with Gasteiger partial charge < -0.3 is 25.2 Å². The predicted molar refractivity (Wildman–Crippen MR) is 131 cm³/mol. The van der Waals surface area contributed by atoms with Gasteiger partial charge in [-0.25, -0.2) is 9.38 Å². The van der Waals surface area contributed by atoms with Gasteiger partial charge in [0.05, 0.1) is 20.3 Å². The van der Waals surface area contributed by atoms with Gasteiger partial charge >= 0.3 is 0 Å². The molecule has 0 amide bonds. The van der Waals surface area contributed by atoms with Gasteiger partial charge in [-0.1, -0.05) is 18.2 Å². The van der Waals surface area contributed by atoms with E-state index in [2.05, 4.69) is 15.6 Å². The molecule has 6 nitrogen and oxygen atoms in total. The van der Waals surface area contributed by atoms with Crippen molar-refractivity contribution in [1.29, 1.82) is 0 Å². The van der Waals surface area contributed by atoms with E-state index in [1.807, 2.05) is 31.2 Å².